The van der Waals surface area contributed by atoms with Gasteiger partial charge in [0.15, 0.2) is 5.82 Å². The molecule has 0 spiro atoms. The van der Waals surface area contributed by atoms with Gasteiger partial charge < -0.3 is 19.6 Å². The Bertz CT molecular complexity index is 618. The fourth-order valence-corrected chi connectivity index (χ4v) is 2.58. The third-order valence-corrected chi connectivity index (χ3v) is 3.80. The molecule has 1 aliphatic rings. The normalized spacial score (nSPS) is 15.0. The van der Waals surface area contributed by atoms with Crippen molar-refractivity contribution in [1.29, 1.82) is 0 Å². The Morgan fingerprint density at radius 3 is 2.59 bits per heavy atom. The number of rotatable bonds is 4. The minimum absolute atomic E-state index is 0.0911. The lowest BCUT2D eigenvalue weighted by Crippen LogP contribution is -2.50. The number of aryl methyl sites for hydroxylation is 1. The molecule has 22 heavy (non-hydrogen) atoms. The number of hydrogen-bond donors (Lipinski definition) is 1. The lowest BCUT2D eigenvalue weighted by molar-refractivity contribution is -0.129. The Morgan fingerprint density at radius 2 is 1.95 bits per heavy atom. The summed E-state index contributed by atoms with van der Waals surface area (Å²) in [5, 5.41) is 6.82. The van der Waals surface area contributed by atoms with E-state index in [1.54, 1.807) is 6.07 Å². The second kappa shape index (κ2) is 6.51. The summed E-state index contributed by atoms with van der Waals surface area (Å²) in [6.07, 6.45) is 0. The number of hydrogen-bond acceptors (Lipinski definition) is 5. The van der Waals surface area contributed by atoms with Gasteiger partial charge >= 0.3 is 0 Å². The van der Waals surface area contributed by atoms with Crippen molar-refractivity contribution >= 4 is 17.4 Å². The van der Waals surface area contributed by atoms with Gasteiger partial charge in [0.25, 0.3) is 0 Å². The van der Waals surface area contributed by atoms with Gasteiger partial charge in [-0.05, 0) is 19.1 Å². The lowest BCUT2D eigenvalue weighted by Gasteiger charge is -2.36. The molecule has 0 saturated carbocycles. The van der Waals surface area contributed by atoms with E-state index in [0.717, 1.165) is 31.9 Å². The van der Waals surface area contributed by atoms with Crippen LogP contribution < -0.4 is 10.2 Å². The fraction of sp³-hybridized carbons (Fsp3) is 0.375. The molecule has 1 N–H and O–H groups in total. The van der Waals surface area contributed by atoms with Crippen molar-refractivity contribution in [2.24, 2.45) is 0 Å². The first-order chi connectivity index (χ1) is 10.7. The summed E-state index contributed by atoms with van der Waals surface area (Å²) in [6, 6.07) is 12.1. The molecule has 0 aliphatic carbocycles. The summed E-state index contributed by atoms with van der Waals surface area (Å²) in [6.45, 7) is 5.28. The van der Waals surface area contributed by atoms with Crippen LogP contribution in [-0.2, 0) is 4.79 Å². The predicted molar refractivity (Wildman–Crippen MR) is 85.0 cm³/mol. The maximum Gasteiger partial charge on any atom is 0.242 e. The van der Waals surface area contributed by atoms with Crippen LogP contribution in [0.4, 0.5) is 11.5 Å². The standard InChI is InChI=1S/C16H20N4O2/c1-13-11-15(18-22-13)17-12-16(21)20-9-7-19(8-10-20)14-5-3-2-4-6-14/h2-6,11H,7-10,12H2,1H3,(H,17,18). The number of carbonyl (C=O) groups is 1. The van der Waals surface area contributed by atoms with E-state index in [1.165, 1.54) is 5.69 Å². The Morgan fingerprint density at radius 1 is 1.23 bits per heavy atom. The molecule has 2 aromatic rings. The number of nitrogens with zero attached hydrogens (tertiary/aromatic N) is 3. The van der Waals surface area contributed by atoms with Gasteiger partial charge in [-0.3, -0.25) is 4.79 Å². The average molecular weight is 300 g/mol. The van der Waals surface area contributed by atoms with Gasteiger partial charge in [-0.25, -0.2) is 0 Å². The van der Waals surface area contributed by atoms with Gasteiger partial charge in [0.05, 0.1) is 6.54 Å². The lowest BCUT2D eigenvalue weighted by atomic mass is 10.2. The molecule has 1 fully saturated rings. The SMILES string of the molecule is Cc1cc(NCC(=O)N2CCN(c3ccccc3)CC2)no1. The third kappa shape index (κ3) is 3.39. The zero-order chi connectivity index (χ0) is 15.4. The molecule has 0 atom stereocenters. The predicted octanol–water partition coefficient (Wildman–Crippen LogP) is 1.74. The minimum Gasteiger partial charge on any atom is -0.368 e. The highest BCUT2D eigenvalue weighted by molar-refractivity contribution is 5.80. The van der Waals surface area contributed by atoms with Crippen molar-refractivity contribution < 1.29 is 9.32 Å². The maximum absolute atomic E-state index is 12.2. The van der Waals surface area contributed by atoms with E-state index in [1.807, 2.05) is 30.0 Å². The molecule has 2 heterocycles. The van der Waals surface area contributed by atoms with Gasteiger partial charge in [0.1, 0.15) is 5.76 Å². The average Bonchev–Trinajstić information content (AvgIpc) is 2.99. The largest absolute Gasteiger partial charge is 0.368 e. The van der Waals surface area contributed by atoms with E-state index >= 15 is 0 Å². The number of para-hydroxylation sites is 1. The van der Waals surface area contributed by atoms with Gasteiger partial charge in [0, 0.05) is 37.9 Å². The van der Waals surface area contributed by atoms with Crippen LogP contribution in [0, 0.1) is 6.92 Å². The smallest absolute Gasteiger partial charge is 0.242 e. The molecule has 3 rings (SSSR count). The first-order valence-electron chi connectivity index (χ1n) is 7.47. The van der Waals surface area contributed by atoms with Crippen LogP contribution in [0.25, 0.3) is 0 Å². The molecule has 0 bridgehead atoms. The van der Waals surface area contributed by atoms with Gasteiger partial charge in [-0.2, -0.15) is 0 Å². The zero-order valence-corrected chi connectivity index (χ0v) is 12.7. The zero-order valence-electron chi connectivity index (χ0n) is 12.7. The van der Waals surface area contributed by atoms with Crippen molar-refractivity contribution in [2.45, 2.75) is 6.92 Å². The minimum atomic E-state index is 0.0911. The number of piperazine rings is 1. The number of anilines is 2. The van der Waals surface area contributed by atoms with Crippen LogP contribution >= 0.6 is 0 Å². The van der Waals surface area contributed by atoms with Crippen molar-refractivity contribution in [3.63, 3.8) is 0 Å². The molecule has 6 heteroatoms. The monoisotopic (exact) mass is 300 g/mol. The van der Waals surface area contributed by atoms with Crippen molar-refractivity contribution in [1.82, 2.24) is 10.1 Å². The van der Waals surface area contributed by atoms with Gasteiger partial charge in [-0.1, -0.05) is 23.4 Å². The Balaban J connectivity index is 1.47. The van der Waals surface area contributed by atoms with Crippen LogP contribution in [0.15, 0.2) is 40.9 Å². The summed E-state index contributed by atoms with van der Waals surface area (Å²) in [5.74, 6) is 1.42. The number of aromatic nitrogens is 1. The summed E-state index contributed by atoms with van der Waals surface area (Å²) in [4.78, 5) is 16.4. The summed E-state index contributed by atoms with van der Waals surface area (Å²) < 4.78 is 4.96. The molecule has 1 aromatic heterocycles. The molecule has 1 aromatic carbocycles. The van der Waals surface area contributed by atoms with Crippen LogP contribution in [0.2, 0.25) is 0 Å². The van der Waals surface area contributed by atoms with E-state index in [4.69, 9.17) is 4.52 Å². The highest BCUT2D eigenvalue weighted by atomic mass is 16.5. The number of amides is 1. The fourth-order valence-electron chi connectivity index (χ4n) is 2.58. The van der Waals surface area contributed by atoms with Gasteiger partial charge in [-0.15, -0.1) is 0 Å². The summed E-state index contributed by atoms with van der Waals surface area (Å²) >= 11 is 0. The first-order valence-corrected chi connectivity index (χ1v) is 7.47. The molecule has 1 amide bonds. The molecule has 1 saturated heterocycles. The molecule has 6 nitrogen and oxygen atoms in total. The highest BCUT2D eigenvalue weighted by Crippen LogP contribution is 2.15. The molecule has 0 radical (unpaired) electrons. The van der Waals surface area contributed by atoms with Crippen LogP contribution in [-0.4, -0.2) is 48.7 Å². The van der Waals surface area contributed by atoms with E-state index in [9.17, 15) is 4.79 Å². The summed E-state index contributed by atoms with van der Waals surface area (Å²) in [5.41, 5.74) is 1.21. The first kappa shape index (κ1) is 14.4. The second-order valence-corrected chi connectivity index (χ2v) is 5.38. The van der Waals surface area contributed by atoms with Crippen molar-refractivity contribution in [3.05, 3.63) is 42.2 Å². The molecule has 116 valence electrons. The quantitative estimate of drug-likeness (QED) is 0.932. The molecule has 0 unspecified atom stereocenters. The number of nitrogens with one attached hydrogen (secondary N) is 1. The van der Waals surface area contributed by atoms with E-state index in [2.05, 4.69) is 27.5 Å². The van der Waals surface area contributed by atoms with E-state index in [0.29, 0.717) is 5.82 Å². The molecular formula is C16H20N4O2. The third-order valence-electron chi connectivity index (χ3n) is 3.80. The molecular weight excluding hydrogens is 280 g/mol. The molecule has 1 aliphatic heterocycles. The Kier molecular flexibility index (Phi) is 4.27. The topological polar surface area (TPSA) is 61.6 Å². The van der Waals surface area contributed by atoms with Crippen molar-refractivity contribution in [2.75, 3.05) is 42.9 Å². The Labute approximate surface area is 129 Å². The number of benzene rings is 1. The maximum atomic E-state index is 12.2. The van der Waals surface area contributed by atoms with Crippen LogP contribution in [0.5, 0.6) is 0 Å². The van der Waals surface area contributed by atoms with E-state index in [-0.39, 0.29) is 12.5 Å². The van der Waals surface area contributed by atoms with Gasteiger partial charge in [0.2, 0.25) is 5.91 Å². The van der Waals surface area contributed by atoms with E-state index < -0.39 is 0 Å². The number of carbonyl (C=O) groups excluding carboxylic acids is 1. The van der Waals surface area contributed by atoms with Crippen molar-refractivity contribution in [3.8, 4) is 0 Å². The Hall–Kier alpha value is -2.50. The second-order valence-electron chi connectivity index (χ2n) is 5.38. The van der Waals surface area contributed by atoms with Crippen LogP contribution in [0.3, 0.4) is 0 Å². The van der Waals surface area contributed by atoms with Crippen LogP contribution in [0.1, 0.15) is 5.76 Å². The summed E-state index contributed by atoms with van der Waals surface area (Å²) in [7, 11) is 0. The highest BCUT2D eigenvalue weighted by Gasteiger charge is 2.21.